The van der Waals surface area contributed by atoms with Crippen molar-refractivity contribution in [2.45, 2.75) is 12.5 Å². The summed E-state index contributed by atoms with van der Waals surface area (Å²) in [6.45, 7) is 0. The lowest BCUT2D eigenvalue weighted by atomic mass is 10.0. The summed E-state index contributed by atoms with van der Waals surface area (Å²) in [6, 6.07) is 12.7. The topological polar surface area (TPSA) is 72.2 Å². The first-order chi connectivity index (χ1) is 10.5. The number of nitrogens with two attached hydrogens (primary N) is 1. The summed E-state index contributed by atoms with van der Waals surface area (Å²) in [5.41, 5.74) is 6.39. The highest BCUT2D eigenvalue weighted by molar-refractivity contribution is 6.36. The molecule has 0 aliphatic carbocycles. The average molecular weight is 337 g/mol. The van der Waals surface area contributed by atoms with Crippen molar-refractivity contribution in [2.24, 2.45) is 5.73 Å². The summed E-state index contributed by atoms with van der Waals surface area (Å²) in [6.07, 6.45) is 0.131. The molecular formula is C16H14Cl2N2O2. The van der Waals surface area contributed by atoms with Gasteiger partial charge in [-0.3, -0.25) is 9.59 Å². The van der Waals surface area contributed by atoms with Gasteiger partial charge in [0.05, 0.1) is 0 Å². The lowest BCUT2D eigenvalue weighted by Crippen LogP contribution is -2.45. The van der Waals surface area contributed by atoms with Crippen molar-refractivity contribution in [3.05, 3.63) is 69.7 Å². The molecule has 22 heavy (non-hydrogen) atoms. The number of hydrogen-bond acceptors (Lipinski definition) is 2. The van der Waals surface area contributed by atoms with Crippen LogP contribution in [0.1, 0.15) is 15.9 Å². The number of benzene rings is 2. The number of primary amides is 1. The molecule has 6 heteroatoms. The van der Waals surface area contributed by atoms with Crippen LogP contribution in [0.4, 0.5) is 0 Å². The molecule has 0 spiro atoms. The number of carbonyl (C=O) groups is 2. The van der Waals surface area contributed by atoms with Gasteiger partial charge in [-0.25, -0.2) is 0 Å². The second-order valence-electron chi connectivity index (χ2n) is 4.70. The Kier molecular flexibility index (Phi) is 5.41. The lowest BCUT2D eigenvalue weighted by molar-refractivity contribution is -0.119. The monoisotopic (exact) mass is 336 g/mol. The molecule has 0 saturated carbocycles. The van der Waals surface area contributed by atoms with Crippen LogP contribution in [0, 0.1) is 0 Å². The Bertz CT molecular complexity index is 670. The second-order valence-corrected chi connectivity index (χ2v) is 5.51. The van der Waals surface area contributed by atoms with Crippen LogP contribution in [-0.4, -0.2) is 17.9 Å². The van der Waals surface area contributed by atoms with E-state index < -0.39 is 11.9 Å². The van der Waals surface area contributed by atoms with Gasteiger partial charge >= 0.3 is 0 Å². The molecule has 114 valence electrons. The summed E-state index contributed by atoms with van der Waals surface area (Å²) >= 11 is 12.2. The fourth-order valence-electron chi connectivity index (χ4n) is 1.99. The summed E-state index contributed by atoms with van der Waals surface area (Å²) in [7, 11) is 0. The highest BCUT2D eigenvalue weighted by Gasteiger charge is 2.21. The van der Waals surface area contributed by atoms with E-state index in [1.807, 2.05) is 0 Å². The van der Waals surface area contributed by atoms with Crippen molar-refractivity contribution in [2.75, 3.05) is 0 Å². The standard InChI is InChI=1S/C16H14Cl2N2O2/c17-12-7-4-8-13(18)11(12)9-14(15(19)21)20-16(22)10-5-2-1-3-6-10/h1-8,14H,9H2,(H2,19,21)(H,20,22)/t14-/m0/s1. The van der Waals surface area contributed by atoms with Crippen molar-refractivity contribution in [3.8, 4) is 0 Å². The first-order valence-corrected chi connectivity index (χ1v) is 7.32. The van der Waals surface area contributed by atoms with Crippen LogP contribution < -0.4 is 11.1 Å². The Morgan fingerprint density at radius 1 is 1.00 bits per heavy atom. The Morgan fingerprint density at radius 3 is 2.14 bits per heavy atom. The largest absolute Gasteiger partial charge is 0.368 e. The maximum absolute atomic E-state index is 12.1. The summed E-state index contributed by atoms with van der Waals surface area (Å²) in [4.78, 5) is 23.7. The van der Waals surface area contributed by atoms with Crippen LogP contribution in [-0.2, 0) is 11.2 Å². The highest BCUT2D eigenvalue weighted by Crippen LogP contribution is 2.25. The smallest absolute Gasteiger partial charge is 0.251 e. The molecule has 0 saturated heterocycles. The quantitative estimate of drug-likeness (QED) is 0.881. The highest BCUT2D eigenvalue weighted by atomic mass is 35.5. The van der Waals surface area contributed by atoms with Crippen molar-refractivity contribution < 1.29 is 9.59 Å². The Hall–Kier alpha value is -2.04. The van der Waals surface area contributed by atoms with Gasteiger partial charge in [-0.05, 0) is 29.8 Å². The predicted octanol–water partition coefficient (Wildman–Crippen LogP) is 2.82. The minimum Gasteiger partial charge on any atom is -0.368 e. The van der Waals surface area contributed by atoms with Crippen LogP contribution in [0.5, 0.6) is 0 Å². The first-order valence-electron chi connectivity index (χ1n) is 6.57. The maximum Gasteiger partial charge on any atom is 0.251 e. The molecule has 0 unspecified atom stereocenters. The maximum atomic E-state index is 12.1. The fourth-order valence-corrected chi connectivity index (χ4v) is 2.54. The van der Waals surface area contributed by atoms with Gasteiger partial charge in [0.2, 0.25) is 5.91 Å². The fraction of sp³-hybridized carbons (Fsp3) is 0.125. The molecule has 0 aromatic heterocycles. The number of rotatable bonds is 5. The van der Waals surface area contributed by atoms with Crippen LogP contribution >= 0.6 is 23.2 Å². The Morgan fingerprint density at radius 2 is 1.59 bits per heavy atom. The van der Waals surface area contributed by atoms with E-state index in [0.29, 0.717) is 21.2 Å². The van der Waals surface area contributed by atoms with Gasteiger partial charge in [0, 0.05) is 22.0 Å². The number of carbonyl (C=O) groups excluding carboxylic acids is 2. The predicted molar refractivity (Wildman–Crippen MR) is 87.1 cm³/mol. The van der Waals surface area contributed by atoms with Crippen molar-refractivity contribution in [1.29, 1.82) is 0 Å². The van der Waals surface area contributed by atoms with E-state index in [2.05, 4.69) is 5.32 Å². The Labute approximate surface area is 138 Å². The third kappa shape index (κ3) is 4.00. The zero-order valence-electron chi connectivity index (χ0n) is 11.6. The molecule has 2 aromatic rings. The van der Waals surface area contributed by atoms with Gasteiger partial charge in [-0.1, -0.05) is 47.5 Å². The molecule has 0 aliphatic heterocycles. The second kappa shape index (κ2) is 7.29. The minimum atomic E-state index is -0.898. The molecule has 2 aromatic carbocycles. The molecule has 1 atom stereocenters. The first kappa shape index (κ1) is 16.3. The van der Waals surface area contributed by atoms with E-state index in [1.165, 1.54) is 0 Å². The van der Waals surface area contributed by atoms with Crippen LogP contribution in [0.3, 0.4) is 0 Å². The van der Waals surface area contributed by atoms with Gasteiger partial charge in [-0.15, -0.1) is 0 Å². The van der Waals surface area contributed by atoms with E-state index in [4.69, 9.17) is 28.9 Å². The molecule has 0 fully saturated rings. The van der Waals surface area contributed by atoms with Gasteiger partial charge < -0.3 is 11.1 Å². The molecule has 2 amide bonds. The normalized spacial score (nSPS) is 11.7. The molecule has 0 aliphatic rings. The molecule has 0 heterocycles. The molecule has 0 bridgehead atoms. The van der Waals surface area contributed by atoms with Crippen molar-refractivity contribution >= 4 is 35.0 Å². The minimum absolute atomic E-state index is 0.131. The summed E-state index contributed by atoms with van der Waals surface area (Å²) in [5, 5.41) is 3.45. The average Bonchev–Trinajstić information content (AvgIpc) is 2.50. The van der Waals surface area contributed by atoms with E-state index in [0.717, 1.165) is 0 Å². The van der Waals surface area contributed by atoms with Crippen LogP contribution in [0.15, 0.2) is 48.5 Å². The van der Waals surface area contributed by atoms with E-state index in [9.17, 15) is 9.59 Å². The zero-order chi connectivity index (χ0) is 16.1. The van der Waals surface area contributed by atoms with E-state index in [-0.39, 0.29) is 12.3 Å². The van der Waals surface area contributed by atoms with Gasteiger partial charge in [0.25, 0.3) is 5.91 Å². The SMILES string of the molecule is NC(=O)[C@H](Cc1c(Cl)cccc1Cl)NC(=O)c1ccccc1. The van der Waals surface area contributed by atoms with Crippen molar-refractivity contribution in [3.63, 3.8) is 0 Å². The lowest BCUT2D eigenvalue weighted by Gasteiger charge is -2.17. The summed E-state index contributed by atoms with van der Waals surface area (Å²) in [5.74, 6) is -1.03. The third-order valence-electron chi connectivity index (χ3n) is 3.15. The number of hydrogen-bond donors (Lipinski definition) is 2. The van der Waals surface area contributed by atoms with Crippen LogP contribution in [0.25, 0.3) is 0 Å². The number of halogens is 2. The van der Waals surface area contributed by atoms with E-state index >= 15 is 0 Å². The van der Waals surface area contributed by atoms with Gasteiger partial charge in [0.15, 0.2) is 0 Å². The summed E-state index contributed by atoms with van der Waals surface area (Å²) < 4.78 is 0. The number of nitrogens with one attached hydrogen (secondary N) is 1. The Balaban J connectivity index is 2.18. The van der Waals surface area contributed by atoms with E-state index in [1.54, 1.807) is 48.5 Å². The van der Waals surface area contributed by atoms with Crippen LogP contribution in [0.2, 0.25) is 10.0 Å². The molecule has 3 N–H and O–H groups in total. The third-order valence-corrected chi connectivity index (χ3v) is 3.86. The zero-order valence-corrected chi connectivity index (χ0v) is 13.1. The molecule has 2 rings (SSSR count). The molecule has 4 nitrogen and oxygen atoms in total. The van der Waals surface area contributed by atoms with Gasteiger partial charge in [-0.2, -0.15) is 0 Å². The van der Waals surface area contributed by atoms with Crippen molar-refractivity contribution in [1.82, 2.24) is 5.32 Å². The number of amides is 2. The molecular weight excluding hydrogens is 323 g/mol. The molecule has 0 radical (unpaired) electrons. The van der Waals surface area contributed by atoms with Gasteiger partial charge in [0.1, 0.15) is 6.04 Å².